The first-order valence-electron chi connectivity index (χ1n) is 8.99. The predicted octanol–water partition coefficient (Wildman–Crippen LogP) is 2.95. The van der Waals surface area contributed by atoms with Crippen molar-refractivity contribution in [2.75, 3.05) is 38.0 Å². The summed E-state index contributed by atoms with van der Waals surface area (Å²) in [7, 11) is 0. The van der Waals surface area contributed by atoms with Crippen molar-refractivity contribution in [2.45, 2.75) is 13.8 Å². The molecule has 0 saturated carbocycles. The number of hydrogen-bond donors (Lipinski definition) is 1. The number of furan rings is 1. The zero-order valence-corrected chi connectivity index (χ0v) is 15.3. The van der Waals surface area contributed by atoms with E-state index in [9.17, 15) is 9.59 Å². The second kappa shape index (κ2) is 8.19. The number of rotatable bonds is 5. The summed E-state index contributed by atoms with van der Waals surface area (Å²) in [6.07, 6.45) is 1.46. The Bertz CT molecular complexity index is 730. The number of amides is 2. The normalized spacial score (nSPS) is 15.3. The van der Waals surface area contributed by atoms with E-state index >= 15 is 0 Å². The molecule has 2 aromatic rings. The van der Waals surface area contributed by atoms with Crippen LogP contribution >= 0.6 is 0 Å². The van der Waals surface area contributed by atoms with Crippen LogP contribution in [0.3, 0.4) is 0 Å². The van der Waals surface area contributed by atoms with Gasteiger partial charge in [-0.1, -0.05) is 13.8 Å². The molecule has 1 aromatic heterocycles. The molecule has 2 heterocycles. The predicted molar refractivity (Wildman–Crippen MR) is 100 cm³/mol. The summed E-state index contributed by atoms with van der Waals surface area (Å²) >= 11 is 0. The minimum absolute atomic E-state index is 0.0399. The van der Waals surface area contributed by atoms with Crippen LogP contribution < -0.4 is 5.32 Å². The summed E-state index contributed by atoms with van der Waals surface area (Å²) in [4.78, 5) is 28.9. The zero-order valence-electron chi connectivity index (χ0n) is 15.3. The Hall–Kier alpha value is -2.60. The van der Waals surface area contributed by atoms with Crippen LogP contribution in [0.5, 0.6) is 0 Å². The number of carbonyl (C=O) groups is 2. The Morgan fingerprint density at radius 1 is 1.08 bits per heavy atom. The average molecular weight is 355 g/mol. The van der Waals surface area contributed by atoms with E-state index in [1.54, 1.807) is 36.4 Å². The topological polar surface area (TPSA) is 65.8 Å². The number of piperazine rings is 1. The third kappa shape index (κ3) is 4.52. The van der Waals surface area contributed by atoms with Gasteiger partial charge in [0.25, 0.3) is 11.8 Å². The molecular formula is C20H25N3O3. The maximum atomic E-state index is 12.7. The highest BCUT2D eigenvalue weighted by molar-refractivity contribution is 6.02. The molecule has 1 N–H and O–H groups in total. The SMILES string of the molecule is CC(C)CN1CCN(C(=O)c2ccc(NC(=O)c3ccco3)cc2)CC1. The molecule has 0 aliphatic carbocycles. The number of nitrogens with zero attached hydrogens (tertiary/aromatic N) is 2. The molecule has 0 unspecified atom stereocenters. The van der Waals surface area contributed by atoms with Crippen LogP contribution in [0.25, 0.3) is 0 Å². The van der Waals surface area contributed by atoms with Crippen molar-refractivity contribution >= 4 is 17.5 Å². The van der Waals surface area contributed by atoms with Crippen molar-refractivity contribution in [2.24, 2.45) is 5.92 Å². The molecule has 6 heteroatoms. The minimum atomic E-state index is -0.310. The smallest absolute Gasteiger partial charge is 0.291 e. The van der Waals surface area contributed by atoms with Crippen LogP contribution in [0.4, 0.5) is 5.69 Å². The van der Waals surface area contributed by atoms with E-state index in [1.165, 1.54) is 6.26 Å². The standard InChI is InChI=1S/C20H25N3O3/c1-15(2)14-22-9-11-23(12-10-22)20(25)16-5-7-17(8-6-16)21-19(24)18-4-3-13-26-18/h3-8,13,15H,9-12,14H2,1-2H3,(H,21,24). The zero-order chi connectivity index (χ0) is 18.5. The van der Waals surface area contributed by atoms with Crippen LogP contribution in [0.1, 0.15) is 34.8 Å². The van der Waals surface area contributed by atoms with Crippen molar-refractivity contribution in [3.63, 3.8) is 0 Å². The van der Waals surface area contributed by atoms with Crippen LogP contribution in [-0.4, -0.2) is 54.3 Å². The fourth-order valence-corrected chi connectivity index (χ4v) is 3.13. The molecule has 0 radical (unpaired) electrons. The maximum absolute atomic E-state index is 12.7. The van der Waals surface area contributed by atoms with Crippen LogP contribution in [-0.2, 0) is 0 Å². The van der Waals surface area contributed by atoms with Gasteiger partial charge in [0.05, 0.1) is 6.26 Å². The monoisotopic (exact) mass is 355 g/mol. The quantitative estimate of drug-likeness (QED) is 0.895. The van der Waals surface area contributed by atoms with Gasteiger partial charge < -0.3 is 14.6 Å². The summed E-state index contributed by atoms with van der Waals surface area (Å²) in [6.45, 7) is 8.84. The van der Waals surface area contributed by atoms with E-state index in [1.807, 2.05) is 4.90 Å². The lowest BCUT2D eigenvalue weighted by molar-refractivity contribution is 0.0624. The highest BCUT2D eigenvalue weighted by atomic mass is 16.3. The lowest BCUT2D eigenvalue weighted by atomic mass is 10.1. The van der Waals surface area contributed by atoms with Crippen molar-refractivity contribution in [1.29, 1.82) is 0 Å². The molecule has 138 valence electrons. The van der Waals surface area contributed by atoms with Gasteiger partial charge in [-0.25, -0.2) is 0 Å². The van der Waals surface area contributed by atoms with Gasteiger partial charge in [0, 0.05) is 44.0 Å². The lowest BCUT2D eigenvalue weighted by Crippen LogP contribution is -2.49. The Balaban J connectivity index is 1.55. The van der Waals surface area contributed by atoms with Gasteiger partial charge in [0.1, 0.15) is 0 Å². The summed E-state index contributed by atoms with van der Waals surface area (Å²) < 4.78 is 5.06. The van der Waals surface area contributed by atoms with E-state index in [0.717, 1.165) is 32.7 Å². The molecule has 1 aliphatic heterocycles. The Kier molecular flexibility index (Phi) is 5.73. The van der Waals surface area contributed by atoms with Crippen molar-refractivity contribution in [3.8, 4) is 0 Å². The van der Waals surface area contributed by atoms with Crippen LogP contribution in [0, 0.1) is 5.92 Å². The fourth-order valence-electron chi connectivity index (χ4n) is 3.13. The van der Waals surface area contributed by atoms with Gasteiger partial charge in [0.15, 0.2) is 5.76 Å². The molecule has 0 bridgehead atoms. The molecule has 0 spiro atoms. The van der Waals surface area contributed by atoms with Crippen LogP contribution in [0.2, 0.25) is 0 Å². The number of anilines is 1. The highest BCUT2D eigenvalue weighted by Crippen LogP contribution is 2.15. The lowest BCUT2D eigenvalue weighted by Gasteiger charge is -2.35. The van der Waals surface area contributed by atoms with Crippen molar-refractivity contribution in [1.82, 2.24) is 9.80 Å². The second-order valence-electron chi connectivity index (χ2n) is 7.00. The first-order chi connectivity index (χ1) is 12.5. The largest absolute Gasteiger partial charge is 0.459 e. The first-order valence-corrected chi connectivity index (χ1v) is 8.99. The molecular weight excluding hydrogens is 330 g/mol. The van der Waals surface area contributed by atoms with Crippen molar-refractivity contribution < 1.29 is 14.0 Å². The van der Waals surface area contributed by atoms with Gasteiger partial charge in [-0.3, -0.25) is 14.5 Å². The van der Waals surface area contributed by atoms with Gasteiger partial charge in [0.2, 0.25) is 0 Å². The first kappa shape index (κ1) is 18.2. The average Bonchev–Trinajstić information content (AvgIpc) is 3.17. The molecule has 6 nitrogen and oxygen atoms in total. The molecule has 1 saturated heterocycles. The van der Waals surface area contributed by atoms with E-state index in [-0.39, 0.29) is 17.6 Å². The highest BCUT2D eigenvalue weighted by Gasteiger charge is 2.22. The second-order valence-corrected chi connectivity index (χ2v) is 7.00. The van der Waals surface area contributed by atoms with Gasteiger partial charge in [-0.05, 0) is 42.3 Å². The number of benzene rings is 1. The Morgan fingerprint density at radius 2 is 1.77 bits per heavy atom. The third-order valence-electron chi connectivity index (χ3n) is 4.42. The molecule has 1 fully saturated rings. The Labute approximate surface area is 153 Å². The number of nitrogens with one attached hydrogen (secondary N) is 1. The molecule has 3 rings (SSSR count). The van der Waals surface area contributed by atoms with E-state index < -0.39 is 0 Å². The minimum Gasteiger partial charge on any atom is -0.459 e. The summed E-state index contributed by atoms with van der Waals surface area (Å²) in [6, 6.07) is 10.2. The summed E-state index contributed by atoms with van der Waals surface area (Å²) in [5.74, 6) is 0.624. The third-order valence-corrected chi connectivity index (χ3v) is 4.42. The van der Waals surface area contributed by atoms with E-state index in [4.69, 9.17) is 4.42 Å². The molecule has 1 aliphatic rings. The van der Waals surface area contributed by atoms with Gasteiger partial charge >= 0.3 is 0 Å². The maximum Gasteiger partial charge on any atom is 0.291 e. The summed E-state index contributed by atoms with van der Waals surface area (Å²) in [5.41, 5.74) is 1.27. The number of carbonyl (C=O) groups excluding carboxylic acids is 2. The molecule has 2 amide bonds. The number of hydrogen-bond acceptors (Lipinski definition) is 4. The van der Waals surface area contributed by atoms with Gasteiger partial charge in [-0.15, -0.1) is 0 Å². The summed E-state index contributed by atoms with van der Waals surface area (Å²) in [5, 5.41) is 2.75. The molecule has 26 heavy (non-hydrogen) atoms. The molecule has 1 aromatic carbocycles. The van der Waals surface area contributed by atoms with Crippen molar-refractivity contribution in [3.05, 3.63) is 54.0 Å². The van der Waals surface area contributed by atoms with Gasteiger partial charge in [-0.2, -0.15) is 0 Å². The van der Waals surface area contributed by atoms with Crippen LogP contribution in [0.15, 0.2) is 47.1 Å². The van der Waals surface area contributed by atoms with E-state index in [0.29, 0.717) is 17.2 Å². The van der Waals surface area contributed by atoms with E-state index in [2.05, 4.69) is 24.1 Å². The Morgan fingerprint density at radius 3 is 2.35 bits per heavy atom. The molecule has 0 atom stereocenters. The fraction of sp³-hybridized carbons (Fsp3) is 0.400.